The van der Waals surface area contributed by atoms with Gasteiger partial charge in [0.15, 0.2) is 0 Å². The van der Waals surface area contributed by atoms with Crippen molar-refractivity contribution in [2.24, 2.45) is 0 Å². The van der Waals surface area contributed by atoms with Gasteiger partial charge in [0.05, 0.1) is 12.9 Å². The number of ether oxygens (including phenoxy) is 1. The minimum atomic E-state index is -4.22. The number of hydrogen-bond donors (Lipinski definition) is 0. The molecule has 0 aliphatic heterocycles. The predicted octanol–water partition coefficient (Wildman–Crippen LogP) is 2.61. The summed E-state index contributed by atoms with van der Waals surface area (Å²) < 4.78 is 40.8. The minimum Gasteiger partial charge on any atom is -0.501 e. The molecule has 12 heavy (non-hydrogen) atoms. The van der Waals surface area contributed by atoms with Gasteiger partial charge >= 0.3 is 6.18 Å². The largest absolute Gasteiger partial charge is 0.501 e. The Hall–Kier alpha value is -0.930. The van der Waals surface area contributed by atoms with E-state index in [0.717, 1.165) is 6.08 Å². The fourth-order valence-corrected chi connectivity index (χ4v) is 0.891. The van der Waals surface area contributed by atoms with Gasteiger partial charge in [0.1, 0.15) is 0 Å². The lowest BCUT2D eigenvalue weighted by molar-refractivity contribution is -0.0934. The molecule has 67 valence electrons. The second kappa shape index (κ2) is 3.21. The van der Waals surface area contributed by atoms with Gasteiger partial charge < -0.3 is 4.74 Å². The zero-order valence-corrected chi connectivity index (χ0v) is 6.48. The quantitative estimate of drug-likeness (QED) is 0.598. The van der Waals surface area contributed by atoms with Gasteiger partial charge in [-0.2, -0.15) is 13.2 Å². The van der Waals surface area contributed by atoms with Gasteiger partial charge in [-0.15, -0.1) is 0 Å². The predicted molar refractivity (Wildman–Crippen MR) is 38.1 cm³/mol. The van der Waals surface area contributed by atoms with Gasteiger partial charge in [0, 0.05) is 12.0 Å². The fraction of sp³-hybridized carbons (Fsp3) is 0.375. The van der Waals surface area contributed by atoms with Crippen LogP contribution in [0.3, 0.4) is 0 Å². The number of hydrogen-bond acceptors (Lipinski definition) is 1. The van der Waals surface area contributed by atoms with E-state index in [1.807, 2.05) is 0 Å². The van der Waals surface area contributed by atoms with Crippen LogP contribution in [-0.4, -0.2) is 13.3 Å². The van der Waals surface area contributed by atoms with E-state index in [-0.39, 0.29) is 6.42 Å². The molecule has 0 unspecified atom stereocenters. The number of halogens is 3. The van der Waals surface area contributed by atoms with Gasteiger partial charge in [-0.1, -0.05) is 6.08 Å². The summed E-state index contributed by atoms with van der Waals surface area (Å²) in [6.07, 6.45) is -0.566. The molecular formula is C8H8F3O. The van der Waals surface area contributed by atoms with Crippen LogP contribution in [0.4, 0.5) is 13.2 Å². The third kappa shape index (κ3) is 2.03. The zero-order valence-electron chi connectivity index (χ0n) is 6.48. The maximum atomic E-state index is 12.0. The molecule has 0 saturated carbocycles. The molecule has 1 aliphatic rings. The molecule has 0 saturated heterocycles. The van der Waals surface area contributed by atoms with E-state index in [1.165, 1.54) is 19.6 Å². The molecule has 0 aromatic rings. The summed E-state index contributed by atoms with van der Waals surface area (Å²) in [5.74, 6) is 0.475. The third-order valence-electron chi connectivity index (χ3n) is 1.57. The summed E-state index contributed by atoms with van der Waals surface area (Å²) in [6, 6.07) is 0. The molecule has 0 heterocycles. The van der Waals surface area contributed by atoms with Gasteiger partial charge in [-0.25, -0.2) is 0 Å². The molecule has 0 atom stereocenters. The van der Waals surface area contributed by atoms with Crippen molar-refractivity contribution in [2.75, 3.05) is 7.11 Å². The van der Waals surface area contributed by atoms with E-state index in [1.54, 1.807) is 0 Å². The van der Waals surface area contributed by atoms with E-state index >= 15 is 0 Å². The van der Waals surface area contributed by atoms with Crippen molar-refractivity contribution in [1.82, 2.24) is 0 Å². The molecule has 4 heteroatoms. The summed E-state index contributed by atoms with van der Waals surface area (Å²) in [5, 5.41) is 0. The van der Waals surface area contributed by atoms with Crippen LogP contribution in [0.25, 0.3) is 0 Å². The van der Waals surface area contributed by atoms with E-state index in [2.05, 4.69) is 0 Å². The summed E-state index contributed by atoms with van der Waals surface area (Å²) in [6.45, 7) is 0. The van der Waals surface area contributed by atoms with Crippen molar-refractivity contribution in [1.29, 1.82) is 0 Å². The molecule has 0 spiro atoms. The smallest absolute Gasteiger partial charge is 0.412 e. The normalized spacial score (nSPS) is 18.3. The second-order valence-electron chi connectivity index (χ2n) is 2.37. The molecule has 1 aliphatic carbocycles. The number of rotatable bonds is 1. The first-order valence-corrected chi connectivity index (χ1v) is 3.39. The highest BCUT2D eigenvalue weighted by molar-refractivity contribution is 5.30. The molecule has 0 aromatic heterocycles. The highest BCUT2D eigenvalue weighted by Crippen LogP contribution is 2.32. The average molecular weight is 177 g/mol. The molecule has 0 N–H and O–H groups in total. The SMILES string of the molecule is COC1=CC=C(C(F)(F)F)C[CH]1. The first kappa shape index (κ1) is 9.16. The lowest BCUT2D eigenvalue weighted by atomic mass is 10.0. The average Bonchev–Trinajstić information content (AvgIpc) is 2.03. The Morgan fingerprint density at radius 1 is 1.33 bits per heavy atom. The molecule has 1 rings (SSSR count). The van der Waals surface area contributed by atoms with Crippen LogP contribution >= 0.6 is 0 Å². The van der Waals surface area contributed by atoms with Crippen molar-refractivity contribution < 1.29 is 17.9 Å². The Kier molecular flexibility index (Phi) is 2.45. The highest BCUT2D eigenvalue weighted by atomic mass is 19.4. The van der Waals surface area contributed by atoms with E-state index in [9.17, 15) is 13.2 Å². The maximum Gasteiger partial charge on any atom is 0.412 e. The topological polar surface area (TPSA) is 9.23 Å². The van der Waals surface area contributed by atoms with Crippen molar-refractivity contribution >= 4 is 0 Å². The molecule has 0 fully saturated rings. The Labute approximate surface area is 68.5 Å². The molecular weight excluding hydrogens is 169 g/mol. The fourth-order valence-electron chi connectivity index (χ4n) is 0.891. The van der Waals surface area contributed by atoms with Crippen LogP contribution in [-0.2, 0) is 4.74 Å². The van der Waals surface area contributed by atoms with Gasteiger partial charge in [-0.3, -0.25) is 0 Å². The van der Waals surface area contributed by atoms with Crippen LogP contribution in [0.2, 0.25) is 0 Å². The lowest BCUT2D eigenvalue weighted by Crippen LogP contribution is -2.14. The van der Waals surface area contributed by atoms with E-state index < -0.39 is 11.7 Å². The summed E-state index contributed by atoms with van der Waals surface area (Å²) in [7, 11) is 1.43. The zero-order chi connectivity index (χ0) is 9.19. The first-order chi connectivity index (χ1) is 5.54. The Morgan fingerprint density at radius 3 is 2.33 bits per heavy atom. The third-order valence-corrected chi connectivity index (χ3v) is 1.57. The molecule has 0 amide bonds. The van der Waals surface area contributed by atoms with Crippen molar-refractivity contribution in [3.63, 3.8) is 0 Å². The lowest BCUT2D eigenvalue weighted by Gasteiger charge is -2.15. The molecule has 0 bridgehead atoms. The van der Waals surface area contributed by atoms with Gasteiger partial charge in [0.2, 0.25) is 0 Å². The standard InChI is InChI=1S/C8H8F3O/c1-12-7-4-2-6(3-5-7)8(9,10)11/h2,4-5H,3H2,1H3. The molecule has 1 nitrogen and oxygen atoms in total. The Balaban J connectivity index is 2.73. The Morgan fingerprint density at radius 2 is 2.00 bits per heavy atom. The molecule has 0 aromatic carbocycles. The van der Waals surface area contributed by atoms with Crippen LogP contribution in [0.5, 0.6) is 0 Å². The minimum absolute atomic E-state index is 0.108. The van der Waals surface area contributed by atoms with Crippen LogP contribution in [0.1, 0.15) is 6.42 Å². The maximum absolute atomic E-state index is 12.0. The van der Waals surface area contributed by atoms with Crippen molar-refractivity contribution in [2.45, 2.75) is 12.6 Å². The summed E-state index contributed by atoms with van der Waals surface area (Å²) in [4.78, 5) is 0. The van der Waals surface area contributed by atoms with Crippen LogP contribution in [0, 0.1) is 6.42 Å². The summed E-state index contributed by atoms with van der Waals surface area (Å²) >= 11 is 0. The van der Waals surface area contributed by atoms with E-state index in [0.29, 0.717) is 5.76 Å². The van der Waals surface area contributed by atoms with Crippen molar-refractivity contribution in [3.05, 3.63) is 29.9 Å². The van der Waals surface area contributed by atoms with E-state index in [4.69, 9.17) is 4.74 Å². The summed E-state index contributed by atoms with van der Waals surface area (Å²) in [5.41, 5.74) is -0.539. The monoisotopic (exact) mass is 177 g/mol. The van der Waals surface area contributed by atoms with Crippen LogP contribution in [0.15, 0.2) is 23.5 Å². The van der Waals surface area contributed by atoms with Crippen molar-refractivity contribution in [3.8, 4) is 0 Å². The number of alkyl halides is 3. The van der Waals surface area contributed by atoms with Gasteiger partial charge in [-0.05, 0) is 12.5 Å². The number of allylic oxidation sites excluding steroid dienone is 4. The van der Waals surface area contributed by atoms with Gasteiger partial charge in [0.25, 0.3) is 0 Å². The van der Waals surface area contributed by atoms with Crippen LogP contribution < -0.4 is 0 Å². The molecule has 1 radical (unpaired) electrons. The second-order valence-corrected chi connectivity index (χ2v) is 2.37. The number of methoxy groups -OCH3 is 1. The Bertz CT molecular complexity index is 225. The highest BCUT2D eigenvalue weighted by Gasteiger charge is 2.33. The first-order valence-electron chi connectivity index (χ1n) is 3.39.